The van der Waals surface area contributed by atoms with Gasteiger partial charge >= 0.3 is 11.9 Å². The molecule has 2 fully saturated rings. The molecule has 5 nitrogen and oxygen atoms in total. The number of rotatable bonds is 10. The molecular weight excluding hydrogens is 378 g/mol. The van der Waals surface area contributed by atoms with E-state index < -0.39 is 11.3 Å². The number of nitrogens with zero attached hydrogens (tertiary/aromatic N) is 1. The van der Waals surface area contributed by atoms with Crippen molar-refractivity contribution in [2.75, 3.05) is 13.2 Å². The van der Waals surface area contributed by atoms with Crippen LogP contribution in [0.15, 0.2) is 0 Å². The zero-order valence-corrected chi connectivity index (χ0v) is 19.3. The van der Waals surface area contributed by atoms with Gasteiger partial charge in [-0.05, 0) is 50.9 Å². The fourth-order valence-corrected chi connectivity index (χ4v) is 5.96. The molecule has 3 unspecified atom stereocenters. The minimum absolute atomic E-state index is 0.000208. The maximum Gasteiger partial charge on any atom is 0.309 e. The molecule has 0 spiro atoms. The molecule has 0 aromatic rings. The van der Waals surface area contributed by atoms with Crippen molar-refractivity contribution in [1.82, 2.24) is 0 Å². The highest BCUT2D eigenvalue weighted by molar-refractivity contribution is 5.80. The SMILES string of the molecule is CCOC(=O)CC(CC(C#N)(C1CCCCC1)C(C)C1CCCCC1)C(=O)OCC. The Morgan fingerprint density at radius 3 is 2.07 bits per heavy atom. The number of nitriles is 1. The Morgan fingerprint density at radius 2 is 1.53 bits per heavy atom. The molecule has 0 aromatic heterocycles. The molecule has 2 aliphatic carbocycles. The van der Waals surface area contributed by atoms with Gasteiger partial charge in [0.1, 0.15) is 0 Å². The monoisotopic (exact) mass is 419 g/mol. The van der Waals surface area contributed by atoms with E-state index in [0.29, 0.717) is 18.9 Å². The summed E-state index contributed by atoms with van der Waals surface area (Å²) in [6.45, 7) is 6.35. The van der Waals surface area contributed by atoms with Crippen LogP contribution in [0.5, 0.6) is 0 Å². The van der Waals surface area contributed by atoms with Gasteiger partial charge in [-0.3, -0.25) is 9.59 Å². The van der Waals surface area contributed by atoms with E-state index in [1.54, 1.807) is 13.8 Å². The first-order valence-electron chi connectivity index (χ1n) is 12.2. The molecule has 5 heteroatoms. The van der Waals surface area contributed by atoms with Crippen LogP contribution in [0.2, 0.25) is 0 Å². The van der Waals surface area contributed by atoms with E-state index in [4.69, 9.17) is 9.47 Å². The second-order valence-electron chi connectivity index (χ2n) is 9.34. The molecule has 30 heavy (non-hydrogen) atoms. The second kappa shape index (κ2) is 12.3. The van der Waals surface area contributed by atoms with Crippen molar-refractivity contribution in [2.24, 2.45) is 29.1 Å². The second-order valence-corrected chi connectivity index (χ2v) is 9.34. The van der Waals surface area contributed by atoms with Crippen LogP contribution < -0.4 is 0 Å². The van der Waals surface area contributed by atoms with Crippen LogP contribution in [0.3, 0.4) is 0 Å². The summed E-state index contributed by atoms with van der Waals surface area (Å²) in [7, 11) is 0. The van der Waals surface area contributed by atoms with Gasteiger partial charge < -0.3 is 9.47 Å². The number of esters is 2. The van der Waals surface area contributed by atoms with Gasteiger partial charge in [0.25, 0.3) is 0 Å². The minimum Gasteiger partial charge on any atom is -0.466 e. The minimum atomic E-state index is -0.614. The van der Waals surface area contributed by atoms with Crippen molar-refractivity contribution >= 4 is 11.9 Å². The number of carbonyl (C=O) groups is 2. The smallest absolute Gasteiger partial charge is 0.309 e. The summed E-state index contributed by atoms with van der Waals surface area (Å²) in [6.07, 6.45) is 12.1. The normalized spacial score (nSPS) is 22.3. The predicted octanol–water partition coefficient (Wildman–Crippen LogP) is 5.82. The number of ether oxygens (including phenoxy) is 2. The Morgan fingerprint density at radius 1 is 0.967 bits per heavy atom. The lowest BCUT2D eigenvalue weighted by molar-refractivity contribution is -0.156. The zero-order chi connectivity index (χ0) is 22.0. The summed E-state index contributed by atoms with van der Waals surface area (Å²) in [5.74, 6) is -0.340. The lowest BCUT2D eigenvalue weighted by Gasteiger charge is -2.46. The molecule has 0 aliphatic heterocycles. The highest BCUT2D eigenvalue weighted by Gasteiger charge is 2.49. The lowest BCUT2D eigenvalue weighted by Crippen LogP contribution is -2.44. The Bertz CT molecular complexity index is 586. The van der Waals surface area contributed by atoms with E-state index in [0.717, 1.165) is 25.7 Å². The maximum absolute atomic E-state index is 12.8. The van der Waals surface area contributed by atoms with Gasteiger partial charge in [0.2, 0.25) is 0 Å². The van der Waals surface area contributed by atoms with Crippen LogP contribution in [-0.2, 0) is 19.1 Å². The molecule has 0 radical (unpaired) electrons. The highest BCUT2D eigenvalue weighted by atomic mass is 16.5. The van der Waals surface area contributed by atoms with Crippen molar-refractivity contribution in [1.29, 1.82) is 5.26 Å². The molecule has 0 amide bonds. The Hall–Kier alpha value is -1.57. The van der Waals surface area contributed by atoms with Crippen molar-refractivity contribution < 1.29 is 19.1 Å². The van der Waals surface area contributed by atoms with Crippen LogP contribution in [0, 0.1) is 40.4 Å². The highest BCUT2D eigenvalue weighted by Crippen LogP contribution is 2.52. The molecule has 0 heterocycles. The van der Waals surface area contributed by atoms with Crippen molar-refractivity contribution in [3.63, 3.8) is 0 Å². The maximum atomic E-state index is 12.8. The fourth-order valence-electron chi connectivity index (χ4n) is 5.96. The topological polar surface area (TPSA) is 76.4 Å². The van der Waals surface area contributed by atoms with Gasteiger partial charge in [-0.25, -0.2) is 0 Å². The summed E-state index contributed by atoms with van der Waals surface area (Å²) in [6, 6.07) is 2.76. The summed E-state index contributed by atoms with van der Waals surface area (Å²) in [5, 5.41) is 10.6. The molecule has 0 aromatic carbocycles. The Balaban J connectivity index is 2.34. The van der Waals surface area contributed by atoms with E-state index in [-0.39, 0.29) is 36.8 Å². The van der Waals surface area contributed by atoms with Gasteiger partial charge in [0, 0.05) is 0 Å². The molecule has 2 saturated carbocycles. The van der Waals surface area contributed by atoms with Crippen LogP contribution in [0.1, 0.15) is 97.8 Å². The summed E-state index contributed by atoms with van der Waals surface area (Å²) in [5.41, 5.74) is -0.591. The number of hydrogen-bond donors (Lipinski definition) is 0. The van der Waals surface area contributed by atoms with E-state index in [9.17, 15) is 14.9 Å². The predicted molar refractivity (Wildman–Crippen MR) is 116 cm³/mol. The summed E-state index contributed by atoms with van der Waals surface area (Å²) >= 11 is 0. The molecule has 2 aliphatic rings. The fraction of sp³-hybridized carbons (Fsp3) is 0.880. The van der Waals surface area contributed by atoms with Crippen LogP contribution in [-0.4, -0.2) is 25.2 Å². The van der Waals surface area contributed by atoms with Crippen LogP contribution >= 0.6 is 0 Å². The van der Waals surface area contributed by atoms with Gasteiger partial charge in [0.05, 0.1) is 37.0 Å². The molecule has 3 atom stereocenters. The third-order valence-corrected chi connectivity index (χ3v) is 7.63. The lowest BCUT2D eigenvalue weighted by atomic mass is 9.55. The first-order chi connectivity index (χ1) is 14.5. The molecule has 170 valence electrons. The first kappa shape index (κ1) is 24.7. The van der Waals surface area contributed by atoms with Gasteiger partial charge in [-0.15, -0.1) is 0 Å². The molecule has 2 rings (SSSR count). The van der Waals surface area contributed by atoms with Crippen LogP contribution in [0.4, 0.5) is 0 Å². The third kappa shape index (κ3) is 6.22. The van der Waals surface area contributed by atoms with Crippen molar-refractivity contribution in [2.45, 2.75) is 97.8 Å². The van der Waals surface area contributed by atoms with Gasteiger partial charge in [0.15, 0.2) is 0 Å². The van der Waals surface area contributed by atoms with E-state index in [2.05, 4.69) is 13.0 Å². The van der Waals surface area contributed by atoms with Crippen LogP contribution in [0.25, 0.3) is 0 Å². The van der Waals surface area contributed by atoms with Gasteiger partial charge in [-0.2, -0.15) is 5.26 Å². The quantitative estimate of drug-likeness (QED) is 0.417. The van der Waals surface area contributed by atoms with E-state index in [1.807, 2.05) is 0 Å². The number of carbonyl (C=O) groups excluding carboxylic acids is 2. The van der Waals surface area contributed by atoms with E-state index in [1.165, 1.54) is 38.5 Å². The molecule has 0 saturated heterocycles. The zero-order valence-electron chi connectivity index (χ0n) is 19.3. The average molecular weight is 420 g/mol. The molecule has 0 bridgehead atoms. The van der Waals surface area contributed by atoms with Gasteiger partial charge in [-0.1, -0.05) is 58.3 Å². The Kier molecular flexibility index (Phi) is 10.1. The van der Waals surface area contributed by atoms with Crippen molar-refractivity contribution in [3.8, 4) is 6.07 Å². The Labute approximate surface area is 182 Å². The first-order valence-corrected chi connectivity index (χ1v) is 12.2. The molecular formula is C25H41NO4. The van der Waals surface area contributed by atoms with Crippen molar-refractivity contribution in [3.05, 3.63) is 0 Å². The average Bonchev–Trinajstić information content (AvgIpc) is 2.78. The summed E-state index contributed by atoms with van der Waals surface area (Å²) < 4.78 is 10.5. The number of hydrogen-bond acceptors (Lipinski definition) is 5. The largest absolute Gasteiger partial charge is 0.466 e. The standard InChI is InChI=1S/C25H41NO4/c1-4-29-23(27)16-21(24(28)30-5-2)17-25(18-26,22-14-10-7-11-15-22)19(3)20-12-8-6-9-13-20/h19-22H,4-17H2,1-3H3. The summed E-state index contributed by atoms with van der Waals surface area (Å²) in [4.78, 5) is 25.1. The third-order valence-electron chi connectivity index (χ3n) is 7.63. The van der Waals surface area contributed by atoms with E-state index >= 15 is 0 Å². The molecule has 0 N–H and O–H groups in total.